The predicted molar refractivity (Wildman–Crippen MR) is 32.2 cm³/mol. The third-order valence-electron chi connectivity index (χ3n) is 0.133. The molecule has 9 heavy (non-hydrogen) atoms. The Balaban J connectivity index is -0.000000180. The van der Waals surface area contributed by atoms with E-state index in [0.29, 0.717) is 0 Å². The van der Waals surface area contributed by atoms with Crippen molar-refractivity contribution in [3.8, 4) is 0 Å². The van der Waals surface area contributed by atoms with Crippen LogP contribution in [-0.4, -0.2) is 78.7 Å². The van der Waals surface area contributed by atoms with Crippen LogP contribution >= 0.6 is 0 Å². The normalized spacial score (nSPS) is 5.78. The van der Waals surface area contributed by atoms with Crippen molar-refractivity contribution in [2.75, 3.05) is 0 Å². The van der Waals surface area contributed by atoms with Crippen LogP contribution in [0.2, 0.25) is 0 Å². The van der Waals surface area contributed by atoms with Gasteiger partial charge in [0.1, 0.15) is 0 Å². The fourth-order valence-corrected chi connectivity index (χ4v) is 0.0544. The van der Waals surface area contributed by atoms with Gasteiger partial charge in [-0.3, -0.25) is 0 Å². The first-order chi connectivity index (χ1) is 3.13. The fourth-order valence-electron chi connectivity index (χ4n) is 0.0544. The average Bonchev–Trinajstić information content (AvgIpc) is 1.27. The van der Waals surface area contributed by atoms with Crippen LogP contribution in [0.1, 0.15) is 0 Å². The van der Waals surface area contributed by atoms with E-state index in [0.717, 1.165) is 0 Å². The van der Waals surface area contributed by atoms with Crippen molar-refractivity contribution >= 4 is 68.5 Å². The van der Waals surface area contributed by atoms with E-state index in [4.69, 9.17) is 20.2 Å². The SMILES string of the molecule is O=[N+]([O-])O[N+](=O)[O-].[MgH2].[SrH2]. The van der Waals surface area contributed by atoms with Crippen molar-refractivity contribution in [2.45, 2.75) is 0 Å². The summed E-state index contributed by atoms with van der Waals surface area (Å²) in [6.45, 7) is 0. The van der Waals surface area contributed by atoms with Gasteiger partial charge in [-0.1, -0.05) is 0 Å². The molecule has 0 saturated carbocycles. The molecule has 0 N–H and O–H groups in total. The molecule has 0 aromatic carbocycles. The zero-order valence-electron chi connectivity index (χ0n) is 2.94. The van der Waals surface area contributed by atoms with Crippen LogP contribution in [0, 0.1) is 20.2 Å². The molecule has 0 heterocycles. The van der Waals surface area contributed by atoms with E-state index in [1.807, 2.05) is 0 Å². The minimum atomic E-state index is -1.50. The van der Waals surface area contributed by atoms with Gasteiger partial charge in [0.25, 0.3) is 0 Å². The molecule has 0 aliphatic rings. The molecule has 0 aromatic rings. The molecule has 7 nitrogen and oxygen atoms in total. The Labute approximate surface area is 102 Å². The van der Waals surface area contributed by atoms with Crippen LogP contribution in [0.5, 0.6) is 0 Å². The zero-order valence-corrected chi connectivity index (χ0v) is 2.94. The number of hydrogen-bond donors (Lipinski definition) is 0. The first kappa shape index (κ1) is 16.4. The Morgan fingerprint density at radius 3 is 1.33 bits per heavy atom. The number of rotatable bonds is 2. The fraction of sp³-hybridized carbons (Fsp3) is 0. The summed E-state index contributed by atoms with van der Waals surface area (Å²) in [7, 11) is 0. The summed E-state index contributed by atoms with van der Waals surface area (Å²) in [6, 6.07) is 0. The van der Waals surface area contributed by atoms with Crippen molar-refractivity contribution in [1.29, 1.82) is 0 Å². The summed E-state index contributed by atoms with van der Waals surface area (Å²) in [4.78, 5) is 20.6. The van der Waals surface area contributed by atoms with Gasteiger partial charge >= 0.3 is 78.7 Å². The van der Waals surface area contributed by atoms with Gasteiger partial charge in [0.05, 0.1) is 0 Å². The molecule has 0 aliphatic carbocycles. The van der Waals surface area contributed by atoms with E-state index in [9.17, 15) is 0 Å². The molecule has 0 aliphatic heterocycles. The Morgan fingerprint density at radius 1 is 1.11 bits per heavy atom. The summed E-state index contributed by atoms with van der Waals surface area (Å²) >= 11 is 0. The number of hydrogen-bond acceptors (Lipinski definition) is 5. The number of nitrogens with zero attached hydrogens (tertiary/aromatic N) is 2. The zero-order chi connectivity index (χ0) is 5.86. The molecule has 0 fully saturated rings. The van der Waals surface area contributed by atoms with Crippen molar-refractivity contribution in [2.24, 2.45) is 0 Å². The second-order valence-electron chi connectivity index (χ2n) is 0.529. The summed E-state index contributed by atoms with van der Waals surface area (Å²) in [5, 5.41) is 14.9. The van der Waals surface area contributed by atoms with Crippen LogP contribution in [0.4, 0.5) is 0 Å². The Kier molecular flexibility index (Phi) is 16.2. The van der Waals surface area contributed by atoms with Crippen LogP contribution in [-0.2, 0) is 4.94 Å². The molecule has 0 atom stereocenters. The van der Waals surface area contributed by atoms with Crippen molar-refractivity contribution in [3.05, 3.63) is 20.2 Å². The molecule has 0 rings (SSSR count). The third kappa shape index (κ3) is 17.7. The van der Waals surface area contributed by atoms with Crippen LogP contribution in [0.3, 0.4) is 0 Å². The molecular formula is H4MgN2O5Sr. The summed E-state index contributed by atoms with van der Waals surface area (Å²) in [5.74, 6) is 0. The predicted octanol–water partition coefficient (Wildman–Crippen LogP) is -2.45. The van der Waals surface area contributed by atoms with Gasteiger partial charge in [0, 0.05) is 4.94 Å². The Hall–Kier alpha value is 0.847. The van der Waals surface area contributed by atoms with Crippen molar-refractivity contribution in [3.63, 3.8) is 0 Å². The summed E-state index contributed by atoms with van der Waals surface area (Å²) in [5.41, 5.74) is 0. The molecule has 0 unspecified atom stereocenters. The standard InChI is InChI=1S/Mg.N2O5.Sr.4H/c;3-1(4)7-2(5)6;;;;;. The van der Waals surface area contributed by atoms with E-state index in [2.05, 4.69) is 4.94 Å². The molecule has 0 aromatic heterocycles. The van der Waals surface area contributed by atoms with E-state index >= 15 is 0 Å². The van der Waals surface area contributed by atoms with Gasteiger partial charge in [-0.2, -0.15) is 0 Å². The van der Waals surface area contributed by atoms with Gasteiger partial charge in [0.15, 0.2) is 0 Å². The second kappa shape index (κ2) is 8.85. The Bertz CT molecular complexity index is 91.1. The topological polar surface area (TPSA) is 95.5 Å². The first-order valence-corrected chi connectivity index (χ1v) is 1.10. The molecule has 48 valence electrons. The summed E-state index contributed by atoms with van der Waals surface area (Å²) in [6.07, 6.45) is 0. The van der Waals surface area contributed by atoms with Gasteiger partial charge in [-0.15, -0.1) is 20.2 Å². The van der Waals surface area contributed by atoms with Crippen molar-refractivity contribution in [1.82, 2.24) is 0 Å². The second-order valence-corrected chi connectivity index (χ2v) is 0.529. The minimum absolute atomic E-state index is 0. The van der Waals surface area contributed by atoms with Crippen LogP contribution in [0.25, 0.3) is 0 Å². The molecule has 0 amide bonds. The quantitative estimate of drug-likeness (QED) is 0.295. The van der Waals surface area contributed by atoms with E-state index in [-0.39, 0.29) is 68.5 Å². The van der Waals surface area contributed by atoms with Crippen molar-refractivity contribution < 1.29 is 15.1 Å². The van der Waals surface area contributed by atoms with Crippen LogP contribution in [0.15, 0.2) is 0 Å². The molecule has 0 radical (unpaired) electrons. The van der Waals surface area contributed by atoms with Gasteiger partial charge in [0.2, 0.25) is 0 Å². The van der Waals surface area contributed by atoms with Gasteiger partial charge in [-0.05, 0) is 0 Å². The third-order valence-corrected chi connectivity index (χ3v) is 0.133. The van der Waals surface area contributed by atoms with E-state index in [1.54, 1.807) is 0 Å². The monoisotopic (exact) mass is 224 g/mol. The van der Waals surface area contributed by atoms with Crippen LogP contribution < -0.4 is 0 Å². The summed E-state index contributed by atoms with van der Waals surface area (Å²) < 4.78 is 0. The first-order valence-electron chi connectivity index (χ1n) is 1.10. The molecular weight excluding hydrogens is 220 g/mol. The molecule has 0 saturated heterocycles. The van der Waals surface area contributed by atoms with E-state index < -0.39 is 10.2 Å². The Morgan fingerprint density at radius 2 is 1.33 bits per heavy atom. The average molecular weight is 224 g/mol. The maximum atomic E-state index is 8.95. The maximum absolute atomic E-state index is 8.95. The van der Waals surface area contributed by atoms with E-state index in [1.165, 1.54) is 0 Å². The van der Waals surface area contributed by atoms with Gasteiger partial charge < -0.3 is 0 Å². The molecule has 9 heteroatoms. The molecule has 0 spiro atoms. The molecule has 0 bridgehead atoms. The van der Waals surface area contributed by atoms with Gasteiger partial charge in [-0.25, -0.2) is 0 Å².